The lowest BCUT2D eigenvalue weighted by molar-refractivity contribution is -0.301. The highest BCUT2D eigenvalue weighted by atomic mass is 16.7. The number of hydrogen-bond acceptors (Lipinski definition) is 11. The normalized spacial score (nSPS) is 19.1. The van der Waals surface area contributed by atoms with Gasteiger partial charge in [0.2, 0.25) is 0 Å². The lowest BCUT2D eigenvalue weighted by Gasteiger charge is -2.40. The number of carbonyl (C=O) groups is 4. The Labute approximate surface area is 406 Å². The fraction of sp³-hybridized carbons (Fsp3) is 0.818. The second kappa shape index (κ2) is 44.2. The van der Waals surface area contributed by atoms with Crippen LogP contribution in [-0.4, -0.2) is 89.2 Å². The summed E-state index contributed by atoms with van der Waals surface area (Å²) in [6.07, 6.45) is 37.1. The maximum Gasteiger partial charge on any atom is 0.335 e. The number of rotatable bonds is 45. The minimum Gasteiger partial charge on any atom is -0.479 e. The molecule has 12 heteroatoms. The van der Waals surface area contributed by atoms with Crippen molar-refractivity contribution in [2.24, 2.45) is 0 Å². The van der Waals surface area contributed by atoms with Crippen LogP contribution in [0.4, 0.5) is 0 Å². The van der Waals surface area contributed by atoms with Crippen LogP contribution in [0.1, 0.15) is 239 Å². The molecule has 0 radical (unpaired) electrons. The molecule has 67 heavy (non-hydrogen) atoms. The molecule has 6 atom stereocenters. The number of allylic oxidation sites excluding steroid dienone is 6. The predicted octanol–water partition coefficient (Wildman–Crippen LogP) is 12.9. The molecule has 1 saturated heterocycles. The fourth-order valence-corrected chi connectivity index (χ4v) is 7.98. The Hall–Kier alpha value is -3.06. The van der Waals surface area contributed by atoms with Crippen LogP contribution in [0.5, 0.6) is 0 Å². The molecule has 0 amide bonds. The molecule has 6 unspecified atom stereocenters. The maximum absolute atomic E-state index is 13.0. The summed E-state index contributed by atoms with van der Waals surface area (Å²) in [5.74, 6) is -3.14. The second-order valence-corrected chi connectivity index (χ2v) is 18.5. The van der Waals surface area contributed by atoms with Gasteiger partial charge in [0.1, 0.15) is 18.8 Å². The van der Waals surface area contributed by atoms with Crippen molar-refractivity contribution in [3.8, 4) is 0 Å². The third-order valence-corrected chi connectivity index (χ3v) is 12.2. The summed E-state index contributed by atoms with van der Waals surface area (Å²) in [6, 6.07) is 0. The number of aliphatic hydroxyl groups is 2. The number of ether oxygens (including phenoxy) is 5. The van der Waals surface area contributed by atoms with Gasteiger partial charge in [-0.05, 0) is 77.0 Å². The van der Waals surface area contributed by atoms with Gasteiger partial charge in [-0.2, -0.15) is 0 Å². The highest BCUT2D eigenvalue weighted by Crippen LogP contribution is 2.26. The van der Waals surface area contributed by atoms with Crippen LogP contribution in [0.3, 0.4) is 0 Å². The lowest BCUT2D eigenvalue weighted by atomic mass is 9.98. The Morgan fingerprint density at radius 1 is 0.493 bits per heavy atom. The lowest BCUT2D eigenvalue weighted by Crippen LogP contribution is -2.61. The first kappa shape index (κ1) is 62.0. The number of carboxylic acids is 1. The Kier molecular flexibility index (Phi) is 40.8. The number of carbonyl (C=O) groups excluding carboxylic acids is 3. The molecule has 388 valence electrons. The van der Waals surface area contributed by atoms with Crippen molar-refractivity contribution in [2.75, 3.05) is 13.2 Å². The molecule has 1 fully saturated rings. The van der Waals surface area contributed by atoms with E-state index in [1.807, 2.05) is 0 Å². The first-order valence-corrected chi connectivity index (χ1v) is 27.0. The maximum atomic E-state index is 13.0. The van der Waals surface area contributed by atoms with Crippen LogP contribution in [0, 0.1) is 0 Å². The predicted molar refractivity (Wildman–Crippen MR) is 266 cm³/mol. The molecule has 0 aromatic rings. The van der Waals surface area contributed by atoms with E-state index in [2.05, 4.69) is 57.2 Å². The average Bonchev–Trinajstić information content (AvgIpc) is 3.31. The van der Waals surface area contributed by atoms with Crippen molar-refractivity contribution in [1.82, 2.24) is 0 Å². The third-order valence-electron chi connectivity index (χ3n) is 12.2. The first-order chi connectivity index (χ1) is 32.6. The van der Waals surface area contributed by atoms with Gasteiger partial charge in [0.05, 0.1) is 6.61 Å². The summed E-state index contributed by atoms with van der Waals surface area (Å²) in [5.41, 5.74) is 0. The van der Waals surface area contributed by atoms with Crippen molar-refractivity contribution < 1.29 is 58.2 Å². The number of carboxylic acid groups (broad SMARTS) is 1. The minimum atomic E-state index is -1.90. The van der Waals surface area contributed by atoms with E-state index in [0.717, 1.165) is 103 Å². The number of aliphatic carboxylic acids is 1. The molecule has 0 saturated carbocycles. The molecule has 1 rings (SSSR count). The molecule has 0 aromatic carbocycles. The smallest absolute Gasteiger partial charge is 0.335 e. The van der Waals surface area contributed by atoms with Gasteiger partial charge >= 0.3 is 23.9 Å². The highest BCUT2D eigenvalue weighted by molar-refractivity contribution is 5.74. The molecule has 0 aliphatic carbocycles. The zero-order chi connectivity index (χ0) is 49.0. The van der Waals surface area contributed by atoms with Gasteiger partial charge in [-0.15, -0.1) is 0 Å². The molecular weight excluding hydrogens is 853 g/mol. The summed E-state index contributed by atoms with van der Waals surface area (Å²) >= 11 is 0. The molecular formula is C55H96O12. The Morgan fingerprint density at radius 3 is 1.40 bits per heavy atom. The van der Waals surface area contributed by atoms with Crippen LogP contribution in [-0.2, 0) is 42.9 Å². The molecule has 0 aromatic heterocycles. The largest absolute Gasteiger partial charge is 0.479 e. The Bertz CT molecular complexity index is 1310. The van der Waals surface area contributed by atoms with Crippen molar-refractivity contribution in [1.29, 1.82) is 0 Å². The number of aliphatic hydroxyl groups excluding tert-OH is 2. The van der Waals surface area contributed by atoms with Crippen LogP contribution in [0.15, 0.2) is 36.5 Å². The van der Waals surface area contributed by atoms with E-state index < -0.39 is 67.3 Å². The topological polar surface area (TPSA) is 175 Å². The van der Waals surface area contributed by atoms with Gasteiger partial charge in [-0.1, -0.05) is 179 Å². The SMILES string of the molecule is CCCCC/C=C\C/C=C\CCCCCCCC(=O)OCC(COC1OC(C(=O)O)C(O)C(O)C1OC(=O)CCCCCCC/C=C\CCCCCC)OC(=O)CCCCCCCCCCC. The summed E-state index contributed by atoms with van der Waals surface area (Å²) in [5, 5.41) is 31.3. The van der Waals surface area contributed by atoms with E-state index in [-0.39, 0.29) is 25.9 Å². The zero-order valence-corrected chi connectivity index (χ0v) is 42.4. The third kappa shape index (κ3) is 34.8. The monoisotopic (exact) mass is 949 g/mol. The summed E-state index contributed by atoms with van der Waals surface area (Å²) in [7, 11) is 0. The van der Waals surface area contributed by atoms with Gasteiger partial charge in [-0.25, -0.2) is 4.79 Å². The van der Waals surface area contributed by atoms with Crippen molar-refractivity contribution in [2.45, 2.75) is 276 Å². The van der Waals surface area contributed by atoms with Gasteiger partial charge < -0.3 is 39.0 Å². The molecule has 12 nitrogen and oxygen atoms in total. The van der Waals surface area contributed by atoms with E-state index >= 15 is 0 Å². The second-order valence-electron chi connectivity index (χ2n) is 18.5. The number of esters is 3. The van der Waals surface area contributed by atoms with E-state index in [9.17, 15) is 34.5 Å². The van der Waals surface area contributed by atoms with Crippen LogP contribution in [0.25, 0.3) is 0 Å². The van der Waals surface area contributed by atoms with Crippen molar-refractivity contribution in [3.05, 3.63) is 36.5 Å². The molecule has 0 spiro atoms. The molecule has 0 bridgehead atoms. The van der Waals surface area contributed by atoms with Crippen molar-refractivity contribution in [3.63, 3.8) is 0 Å². The van der Waals surface area contributed by atoms with Gasteiger partial charge in [0.15, 0.2) is 24.6 Å². The first-order valence-electron chi connectivity index (χ1n) is 27.0. The molecule has 3 N–H and O–H groups in total. The molecule has 1 aliphatic rings. The van der Waals surface area contributed by atoms with Crippen LogP contribution < -0.4 is 0 Å². The summed E-state index contributed by atoms with van der Waals surface area (Å²) in [4.78, 5) is 50.8. The van der Waals surface area contributed by atoms with E-state index in [4.69, 9.17) is 23.7 Å². The minimum absolute atomic E-state index is 0.0514. The standard InChI is InChI=1S/C55H96O12/c1-4-7-10-13-16-19-21-23-24-26-27-30-32-35-38-41-47(56)63-44-46(65-48(57)42-39-36-33-29-18-15-12-9-6-3)45-64-55-53(51(60)50(59)52(67-55)54(61)62)66-49(58)43-40-37-34-31-28-25-22-20-17-14-11-8-5-2/h16,19-20,22-24,46,50-53,55,59-60H,4-15,17-18,21,25-45H2,1-3H3,(H,61,62)/b19-16-,22-20-,24-23-. The molecule has 1 heterocycles. The van der Waals surface area contributed by atoms with E-state index in [1.165, 1.54) is 77.0 Å². The Morgan fingerprint density at radius 2 is 0.896 bits per heavy atom. The summed E-state index contributed by atoms with van der Waals surface area (Å²) in [6.45, 7) is 5.89. The van der Waals surface area contributed by atoms with Crippen molar-refractivity contribution >= 4 is 23.9 Å². The van der Waals surface area contributed by atoms with Gasteiger partial charge in [0, 0.05) is 19.3 Å². The number of hydrogen-bond donors (Lipinski definition) is 3. The van der Waals surface area contributed by atoms with Gasteiger partial charge in [-0.3, -0.25) is 14.4 Å². The average molecular weight is 949 g/mol. The van der Waals surface area contributed by atoms with E-state index in [1.54, 1.807) is 0 Å². The molecule has 1 aliphatic heterocycles. The quantitative estimate of drug-likeness (QED) is 0.0228. The van der Waals surface area contributed by atoms with Crippen LogP contribution >= 0.6 is 0 Å². The van der Waals surface area contributed by atoms with Crippen LogP contribution in [0.2, 0.25) is 0 Å². The number of unbranched alkanes of at least 4 members (excludes halogenated alkanes) is 25. The highest BCUT2D eigenvalue weighted by Gasteiger charge is 2.50. The fourth-order valence-electron chi connectivity index (χ4n) is 7.98. The van der Waals surface area contributed by atoms with Gasteiger partial charge in [0.25, 0.3) is 0 Å². The zero-order valence-electron chi connectivity index (χ0n) is 42.4. The summed E-state index contributed by atoms with van der Waals surface area (Å²) < 4.78 is 28.3. The van der Waals surface area contributed by atoms with E-state index in [0.29, 0.717) is 19.3 Å². The Balaban J connectivity index is 2.71.